The first kappa shape index (κ1) is 12.2. The van der Waals surface area contributed by atoms with E-state index in [1.165, 1.54) is 0 Å². The van der Waals surface area contributed by atoms with Crippen molar-refractivity contribution in [2.45, 2.75) is 13.0 Å². The lowest BCUT2D eigenvalue weighted by Crippen LogP contribution is -2.45. The van der Waals surface area contributed by atoms with Gasteiger partial charge in [0.25, 0.3) is 5.91 Å². The topological polar surface area (TPSA) is 38.8 Å². The third-order valence-corrected chi connectivity index (χ3v) is 3.43. The van der Waals surface area contributed by atoms with Crippen LogP contribution in [-0.2, 0) is 9.53 Å². The first-order valence-electron chi connectivity index (χ1n) is 6.57. The molecule has 0 aliphatic carbocycles. The molecule has 1 aromatic rings. The van der Waals surface area contributed by atoms with Crippen molar-refractivity contribution in [1.82, 2.24) is 4.90 Å². The molecule has 0 spiro atoms. The van der Waals surface area contributed by atoms with Gasteiger partial charge in [0.2, 0.25) is 0 Å². The second-order valence-corrected chi connectivity index (χ2v) is 4.93. The lowest BCUT2D eigenvalue weighted by molar-refractivity contribution is -0.134. The van der Waals surface area contributed by atoms with Crippen LogP contribution in [0.1, 0.15) is 12.5 Å². The van der Waals surface area contributed by atoms with Crippen LogP contribution in [0.2, 0.25) is 0 Å². The highest BCUT2D eigenvalue weighted by atomic mass is 16.5. The van der Waals surface area contributed by atoms with Gasteiger partial charge in [-0.15, -0.1) is 0 Å². The van der Waals surface area contributed by atoms with Crippen molar-refractivity contribution >= 4 is 12.0 Å². The summed E-state index contributed by atoms with van der Waals surface area (Å²) in [5.74, 6) is 0.902. The van der Waals surface area contributed by atoms with Gasteiger partial charge in [0.1, 0.15) is 12.4 Å². The van der Waals surface area contributed by atoms with E-state index in [4.69, 9.17) is 9.47 Å². The third kappa shape index (κ3) is 2.49. The highest BCUT2D eigenvalue weighted by molar-refractivity contribution is 5.99. The molecule has 1 aromatic carbocycles. The summed E-state index contributed by atoms with van der Waals surface area (Å²) in [5.41, 5.74) is 1.69. The number of hydrogen-bond donors (Lipinski definition) is 0. The van der Waals surface area contributed by atoms with Gasteiger partial charge in [-0.05, 0) is 19.1 Å². The first-order valence-corrected chi connectivity index (χ1v) is 6.57. The van der Waals surface area contributed by atoms with Gasteiger partial charge in [-0.2, -0.15) is 0 Å². The number of carbonyl (C=O) groups is 1. The average molecular weight is 259 g/mol. The largest absolute Gasteiger partial charge is 0.488 e. The average Bonchev–Trinajstić information content (AvgIpc) is 2.46. The molecule has 1 fully saturated rings. The van der Waals surface area contributed by atoms with Crippen LogP contribution in [0.25, 0.3) is 6.08 Å². The number of amides is 1. The number of ether oxygens (including phenoxy) is 2. The predicted octanol–water partition coefficient (Wildman–Crippen LogP) is 1.71. The SMILES string of the molecule is CC1CN(C(=O)C2=Cc3ccccc3OC2)CCO1. The van der Waals surface area contributed by atoms with Crippen LogP contribution in [0.4, 0.5) is 0 Å². The van der Waals surface area contributed by atoms with Crippen LogP contribution in [0, 0.1) is 0 Å². The lowest BCUT2D eigenvalue weighted by atomic mass is 10.1. The van der Waals surface area contributed by atoms with E-state index in [9.17, 15) is 4.79 Å². The minimum atomic E-state index is 0.0599. The molecule has 19 heavy (non-hydrogen) atoms. The van der Waals surface area contributed by atoms with Gasteiger partial charge in [0.15, 0.2) is 0 Å². The molecular formula is C15H17NO3. The quantitative estimate of drug-likeness (QED) is 0.770. The molecule has 2 heterocycles. The maximum atomic E-state index is 12.4. The number of para-hydroxylation sites is 1. The Balaban J connectivity index is 1.80. The number of hydrogen-bond acceptors (Lipinski definition) is 3. The summed E-state index contributed by atoms with van der Waals surface area (Å²) in [7, 11) is 0. The molecule has 3 rings (SSSR count). The van der Waals surface area contributed by atoms with Crippen molar-refractivity contribution in [3.63, 3.8) is 0 Å². The minimum absolute atomic E-state index is 0.0599. The van der Waals surface area contributed by atoms with E-state index < -0.39 is 0 Å². The molecule has 4 heteroatoms. The molecule has 4 nitrogen and oxygen atoms in total. The van der Waals surface area contributed by atoms with Crippen molar-refractivity contribution in [3.8, 4) is 5.75 Å². The lowest BCUT2D eigenvalue weighted by Gasteiger charge is -2.32. The van der Waals surface area contributed by atoms with Crippen molar-refractivity contribution in [2.24, 2.45) is 0 Å². The Hall–Kier alpha value is -1.81. The predicted molar refractivity (Wildman–Crippen MR) is 71.9 cm³/mol. The number of benzene rings is 1. The molecule has 0 N–H and O–H groups in total. The molecule has 1 amide bonds. The molecule has 1 saturated heterocycles. The number of rotatable bonds is 1. The maximum absolute atomic E-state index is 12.4. The Bertz CT molecular complexity index is 524. The fourth-order valence-corrected chi connectivity index (χ4v) is 2.45. The monoisotopic (exact) mass is 259 g/mol. The summed E-state index contributed by atoms with van der Waals surface area (Å²) in [6, 6.07) is 7.76. The van der Waals surface area contributed by atoms with Crippen LogP contribution < -0.4 is 4.74 Å². The standard InChI is InChI=1S/C15H17NO3/c1-11-9-16(6-7-18-11)15(17)13-8-12-4-2-3-5-14(12)19-10-13/h2-5,8,11H,6-7,9-10H2,1H3. The number of morpholine rings is 1. The molecule has 0 saturated carbocycles. The second-order valence-electron chi connectivity index (χ2n) is 4.93. The summed E-state index contributed by atoms with van der Waals surface area (Å²) >= 11 is 0. The van der Waals surface area contributed by atoms with Crippen LogP contribution in [-0.4, -0.2) is 43.2 Å². The van der Waals surface area contributed by atoms with Gasteiger partial charge in [0, 0.05) is 18.7 Å². The van der Waals surface area contributed by atoms with Crippen molar-refractivity contribution < 1.29 is 14.3 Å². The Kier molecular flexibility index (Phi) is 3.25. The van der Waals surface area contributed by atoms with Crippen LogP contribution in [0.3, 0.4) is 0 Å². The Labute approximate surface area is 112 Å². The zero-order valence-electron chi connectivity index (χ0n) is 11.0. The van der Waals surface area contributed by atoms with Gasteiger partial charge in [-0.1, -0.05) is 18.2 Å². The summed E-state index contributed by atoms with van der Waals surface area (Å²) in [5, 5.41) is 0. The zero-order chi connectivity index (χ0) is 13.2. The molecular weight excluding hydrogens is 242 g/mol. The molecule has 2 aliphatic rings. The number of nitrogens with zero attached hydrogens (tertiary/aromatic N) is 1. The van der Waals surface area contributed by atoms with E-state index >= 15 is 0 Å². The van der Waals surface area contributed by atoms with Crippen molar-refractivity contribution in [2.75, 3.05) is 26.3 Å². The fourth-order valence-electron chi connectivity index (χ4n) is 2.45. The Morgan fingerprint density at radius 1 is 1.37 bits per heavy atom. The van der Waals surface area contributed by atoms with E-state index in [1.54, 1.807) is 0 Å². The molecule has 0 bridgehead atoms. The molecule has 0 radical (unpaired) electrons. The molecule has 1 atom stereocenters. The zero-order valence-corrected chi connectivity index (χ0v) is 11.0. The van der Waals surface area contributed by atoms with Crippen LogP contribution >= 0.6 is 0 Å². The third-order valence-electron chi connectivity index (χ3n) is 3.43. The Morgan fingerprint density at radius 2 is 2.21 bits per heavy atom. The van der Waals surface area contributed by atoms with Gasteiger partial charge < -0.3 is 14.4 Å². The van der Waals surface area contributed by atoms with Crippen molar-refractivity contribution in [1.29, 1.82) is 0 Å². The highest BCUT2D eigenvalue weighted by Gasteiger charge is 2.25. The molecule has 2 aliphatic heterocycles. The summed E-state index contributed by atoms with van der Waals surface area (Å²) in [6.45, 7) is 4.25. The van der Waals surface area contributed by atoms with E-state index in [1.807, 2.05) is 42.2 Å². The maximum Gasteiger partial charge on any atom is 0.253 e. The summed E-state index contributed by atoms with van der Waals surface area (Å²) in [4.78, 5) is 14.3. The molecule has 100 valence electrons. The summed E-state index contributed by atoms with van der Waals surface area (Å²) < 4.78 is 11.1. The Morgan fingerprint density at radius 3 is 3.05 bits per heavy atom. The van der Waals surface area contributed by atoms with E-state index in [0.29, 0.717) is 31.9 Å². The normalized spacial score (nSPS) is 22.3. The molecule has 0 aromatic heterocycles. The number of fused-ring (bicyclic) bond motifs is 1. The highest BCUT2D eigenvalue weighted by Crippen LogP contribution is 2.26. The summed E-state index contributed by atoms with van der Waals surface area (Å²) in [6.07, 6.45) is 2.04. The van der Waals surface area contributed by atoms with Gasteiger partial charge >= 0.3 is 0 Å². The molecule has 1 unspecified atom stereocenters. The smallest absolute Gasteiger partial charge is 0.253 e. The van der Waals surface area contributed by atoms with Gasteiger partial charge in [-0.25, -0.2) is 0 Å². The van der Waals surface area contributed by atoms with Crippen LogP contribution in [0.15, 0.2) is 29.8 Å². The van der Waals surface area contributed by atoms with Crippen LogP contribution in [0.5, 0.6) is 5.75 Å². The number of carbonyl (C=O) groups excluding carboxylic acids is 1. The van der Waals surface area contributed by atoms with E-state index in [0.717, 1.165) is 11.3 Å². The second kappa shape index (κ2) is 5.05. The van der Waals surface area contributed by atoms with E-state index in [2.05, 4.69) is 0 Å². The minimum Gasteiger partial charge on any atom is -0.488 e. The first-order chi connectivity index (χ1) is 9.24. The fraction of sp³-hybridized carbons (Fsp3) is 0.400. The van der Waals surface area contributed by atoms with E-state index in [-0.39, 0.29) is 12.0 Å². The van der Waals surface area contributed by atoms with Gasteiger partial charge in [0.05, 0.1) is 18.3 Å². The van der Waals surface area contributed by atoms with Crippen molar-refractivity contribution in [3.05, 3.63) is 35.4 Å². The van der Waals surface area contributed by atoms with Gasteiger partial charge in [-0.3, -0.25) is 4.79 Å².